The molecule has 9 heavy (non-hydrogen) atoms. The number of fused-ring (bicyclic) bond motifs is 1. The first-order valence-electron chi connectivity index (χ1n) is 2.60. The number of nitrogens with zero attached hydrogens (tertiary/aromatic N) is 2. The normalized spacial score (nSPS) is 10.2. The van der Waals surface area contributed by atoms with Gasteiger partial charge in [0.05, 0.1) is 16.9 Å². The Hall–Kier alpha value is -0.960. The Morgan fingerprint density at radius 2 is 2.22 bits per heavy atom. The summed E-state index contributed by atoms with van der Waals surface area (Å²) in [6.07, 6.45) is 1.77. The van der Waals surface area contributed by atoms with Gasteiger partial charge in [-0.15, -0.1) is 11.3 Å². The highest BCUT2D eigenvalue weighted by molar-refractivity contribution is 7.07. The van der Waals surface area contributed by atoms with Gasteiger partial charge in [0.1, 0.15) is 0 Å². The summed E-state index contributed by atoms with van der Waals surface area (Å²) in [6, 6.07) is 1.90. The topological polar surface area (TPSA) is 25.8 Å². The first-order chi connectivity index (χ1) is 4.47. The second-order valence-corrected chi connectivity index (χ2v) is 2.42. The Bertz CT molecular complexity index is 251. The van der Waals surface area contributed by atoms with Gasteiger partial charge in [0.15, 0.2) is 0 Å². The summed E-state index contributed by atoms with van der Waals surface area (Å²) in [5.41, 5.74) is 3.78. The van der Waals surface area contributed by atoms with E-state index in [0.717, 1.165) is 11.4 Å². The van der Waals surface area contributed by atoms with Crippen molar-refractivity contribution in [3.8, 4) is 11.4 Å². The lowest BCUT2D eigenvalue weighted by molar-refractivity contribution is 1.35. The summed E-state index contributed by atoms with van der Waals surface area (Å²) in [6.45, 7) is 0. The zero-order valence-electron chi connectivity index (χ0n) is 4.61. The Morgan fingerprint density at radius 1 is 1.22 bits per heavy atom. The van der Waals surface area contributed by atoms with E-state index in [0.29, 0.717) is 0 Å². The van der Waals surface area contributed by atoms with Crippen molar-refractivity contribution < 1.29 is 0 Å². The Morgan fingerprint density at radius 3 is 3.11 bits per heavy atom. The molecule has 0 aliphatic carbocycles. The predicted octanol–water partition coefficient (Wildman–Crippen LogP) is 1.64. The van der Waals surface area contributed by atoms with Gasteiger partial charge in [-0.3, -0.25) is 4.98 Å². The largest absolute Gasteiger partial charge is 0.254 e. The van der Waals surface area contributed by atoms with Crippen LogP contribution in [-0.4, -0.2) is 9.97 Å². The highest BCUT2D eigenvalue weighted by Crippen LogP contribution is 2.16. The van der Waals surface area contributed by atoms with Gasteiger partial charge in [-0.25, -0.2) is 4.98 Å². The number of rotatable bonds is 0. The van der Waals surface area contributed by atoms with Gasteiger partial charge in [-0.05, 0) is 6.07 Å². The number of hydrogen-bond acceptors (Lipinski definition) is 3. The molecule has 0 aromatic heterocycles. The SMILES string of the molecule is c1cc2ncscc-2n1. The van der Waals surface area contributed by atoms with E-state index in [1.807, 2.05) is 17.0 Å². The molecule has 0 N–H and O–H groups in total. The second kappa shape index (κ2) is 1.77. The van der Waals surface area contributed by atoms with E-state index in [9.17, 15) is 0 Å². The summed E-state index contributed by atoms with van der Waals surface area (Å²) >= 11 is 1.56. The molecule has 2 rings (SSSR count). The van der Waals surface area contributed by atoms with Gasteiger partial charge >= 0.3 is 0 Å². The molecule has 0 atom stereocenters. The van der Waals surface area contributed by atoms with Crippen molar-refractivity contribution in [1.29, 1.82) is 0 Å². The van der Waals surface area contributed by atoms with E-state index >= 15 is 0 Å². The molecule has 0 saturated heterocycles. The van der Waals surface area contributed by atoms with Gasteiger partial charge < -0.3 is 0 Å². The molecule has 44 valence electrons. The number of aromatic nitrogens is 2. The minimum atomic E-state index is 0.980. The molecule has 2 nitrogen and oxygen atoms in total. The van der Waals surface area contributed by atoms with Crippen LogP contribution in [0.4, 0.5) is 0 Å². The van der Waals surface area contributed by atoms with E-state index in [4.69, 9.17) is 0 Å². The van der Waals surface area contributed by atoms with Crippen molar-refractivity contribution in [1.82, 2.24) is 9.97 Å². The van der Waals surface area contributed by atoms with Crippen LogP contribution < -0.4 is 0 Å². The fraction of sp³-hybridized carbons (Fsp3) is 0. The van der Waals surface area contributed by atoms with Crippen molar-refractivity contribution in [3.63, 3.8) is 0 Å². The molecule has 0 saturated carbocycles. The van der Waals surface area contributed by atoms with Gasteiger partial charge in [-0.2, -0.15) is 0 Å². The zero-order valence-corrected chi connectivity index (χ0v) is 5.43. The first kappa shape index (κ1) is 4.88. The van der Waals surface area contributed by atoms with Gasteiger partial charge in [0, 0.05) is 11.6 Å². The van der Waals surface area contributed by atoms with Crippen molar-refractivity contribution in [2.24, 2.45) is 0 Å². The molecule has 0 amide bonds. The van der Waals surface area contributed by atoms with Crippen LogP contribution in [0.1, 0.15) is 0 Å². The predicted molar refractivity (Wildman–Crippen MR) is 36.5 cm³/mol. The highest BCUT2D eigenvalue weighted by atomic mass is 32.1. The van der Waals surface area contributed by atoms with Crippen LogP contribution >= 0.6 is 11.3 Å². The van der Waals surface area contributed by atoms with Gasteiger partial charge in [0.25, 0.3) is 0 Å². The third kappa shape index (κ3) is 0.695. The molecular weight excluding hydrogens is 132 g/mol. The lowest BCUT2D eigenvalue weighted by Gasteiger charge is -1.88. The monoisotopic (exact) mass is 136 g/mol. The molecule has 0 spiro atoms. The number of hydrogen-bond donors (Lipinski definition) is 0. The van der Waals surface area contributed by atoms with Crippen LogP contribution in [0, 0.1) is 0 Å². The molecule has 2 aliphatic rings. The van der Waals surface area contributed by atoms with E-state index in [2.05, 4.69) is 9.97 Å². The molecular formula is C6H4N2S. The van der Waals surface area contributed by atoms with E-state index in [-0.39, 0.29) is 0 Å². The van der Waals surface area contributed by atoms with Crippen molar-refractivity contribution in [2.75, 3.05) is 0 Å². The highest BCUT2D eigenvalue weighted by Gasteiger charge is 2.00. The molecule has 3 heteroatoms. The molecule has 0 fully saturated rings. The zero-order chi connectivity index (χ0) is 6.10. The van der Waals surface area contributed by atoms with Crippen molar-refractivity contribution in [3.05, 3.63) is 23.2 Å². The average Bonchev–Trinajstić information content (AvgIpc) is 2.33. The third-order valence-electron chi connectivity index (χ3n) is 1.14. The molecule has 0 bridgehead atoms. The van der Waals surface area contributed by atoms with Gasteiger partial charge in [-0.1, -0.05) is 0 Å². The Balaban J connectivity index is 2.79. The maximum absolute atomic E-state index is 4.10. The van der Waals surface area contributed by atoms with Crippen molar-refractivity contribution >= 4 is 11.3 Å². The maximum atomic E-state index is 4.10. The van der Waals surface area contributed by atoms with Crippen LogP contribution in [0.15, 0.2) is 23.2 Å². The second-order valence-electron chi connectivity index (χ2n) is 1.70. The summed E-state index contributed by atoms with van der Waals surface area (Å²) in [7, 11) is 0. The summed E-state index contributed by atoms with van der Waals surface area (Å²) < 4.78 is 0. The molecule has 0 radical (unpaired) electrons. The fourth-order valence-corrected chi connectivity index (χ4v) is 1.27. The molecule has 0 aromatic rings. The quantitative estimate of drug-likeness (QED) is 0.550. The van der Waals surface area contributed by atoms with E-state index < -0.39 is 0 Å². The minimum absolute atomic E-state index is 0.980. The minimum Gasteiger partial charge on any atom is -0.254 e. The smallest absolute Gasteiger partial charge is 0.0986 e. The van der Waals surface area contributed by atoms with Crippen LogP contribution in [0.2, 0.25) is 0 Å². The van der Waals surface area contributed by atoms with Crippen molar-refractivity contribution in [2.45, 2.75) is 0 Å². The third-order valence-corrected chi connectivity index (χ3v) is 1.73. The lowest BCUT2D eigenvalue weighted by atomic mass is 10.4. The first-order valence-corrected chi connectivity index (χ1v) is 3.54. The summed E-state index contributed by atoms with van der Waals surface area (Å²) in [4.78, 5) is 8.16. The fourth-order valence-electron chi connectivity index (χ4n) is 0.722. The molecule has 0 unspecified atom stereocenters. The lowest BCUT2D eigenvalue weighted by Crippen LogP contribution is -1.75. The van der Waals surface area contributed by atoms with Crippen LogP contribution in [0.3, 0.4) is 0 Å². The van der Waals surface area contributed by atoms with E-state index in [1.165, 1.54) is 0 Å². The maximum Gasteiger partial charge on any atom is 0.0986 e. The van der Waals surface area contributed by atoms with Gasteiger partial charge in [0.2, 0.25) is 0 Å². The Labute approximate surface area is 56.5 Å². The van der Waals surface area contributed by atoms with E-state index in [1.54, 1.807) is 17.5 Å². The molecule has 2 aliphatic heterocycles. The summed E-state index contributed by atoms with van der Waals surface area (Å²) in [5, 5.41) is 1.99. The average molecular weight is 136 g/mol. The Kier molecular flexibility index (Phi) is 0.960. The van der Waals surface area contributed by atoms with Crippen LogP contribution in [-0.2, 0) is 0 Å². The standard InChI is InChI=1S/C6H4N2S/c1-2-7-6-3-9-4-8-5(1)6/h1-4H. The van der Waals surface area contributed by atoms with Crippen LogP contribution in [0.5, 0.6) is 0 Å². The molecule has 2 heterocycles. The molecule has 0 aromatic carbocycles. The van der Waals surface area contributed by atoms with Crippen LogP contribution in [0.25, 0.3) is 11.4 Å². The summed E-state index contributed by atoms with van der Waals surface area (Å²) in [5.74, 6) is 0.